The van der Waals surface area contributed by atoms with Crippen molar-refractivity contribution >= 4 is 21.5 Å². The van der Waals surface area contributed by atoms with E-state index in [0.29, 0.717) is 11.4 Å². The minimum Gasteiger partial charge on any atom is -0.467 e. The van der Waals surface area contributed by atoms with E-state index in [-0.39, 0.29) is 16.6 Å². The molecule has 1 N–H and O–H groups in total. The van der Waals surface area contributed by atoms with Crippen LogP contribution in [0.1, 0.15) is 5.56 Å². The molecule has 0 aliphatic carbocycles. The van der Waals surface area contributed by atoms with Gasteiger partial charge in [0, 0.05) is 14.1 Å². The normalized spacial score (nSPS) is 10.7. The molecule has 2 rings (SSSR count). The van der Waals surface area contributed by atoms with Gasteiger partial charge in [-0.05, 0) is 24.3 Å². The fourth-order valence-corrected chi connectivity index (χ4v) is 2.83. The van der Waals surface area contributed by atoms with E-state index in [4.69, 9.17) is 10.00 Å². The number of rotatable bonds is 5. The van der Waals surface area contributed by atoms with E-state index in [9.17, 15) is 8.42 Å². The first-order chi connectivity index (χ1) is 10.9. The van der Waals surface area contributed by atoms with Crippen LogP contribution in [0.25, 0.3) is 0 Å². The van der Waals surface area contributed by atoms with E-state index in [1.165, 1.54) is 37.6 Å². The molecule has 0 aliphatic rings. The van der Waals surface area contributed by atoms with Crippen LogP contribution in [-0.2, 0) is 10.0 Å². The summed E-state index contributed by atoms with van der Waals surface area (Å²) in [6, 6.07) is 7.67. The highest BCUT2D eigenvalue weighted by molar-refractivity contribution is 7.92. The summed E-state index contributed by atoms with van der Waals surface area (Å²) < 4.78 is 32.2. The summed E-state index contributed by atoms with van der Waals surface area (Å²) >= 11 is 0. The van der Waals surface area contributed by atoms with Gasteiger partial charge in [-0.2, -0.15) is 10.2 Å². The molecule has 8 nitrogen and oxygen atoms in total. The summed E-state index contributed by atoms with van der Waals surface area (Å²) in [5.41, 5.74) is 0.603. The first-order valence-electron chi connectivity index (χ1n) is 6.48. The third-order valence-corrected chi connectivity index (χ3v) is 4.27. The van der Waals surface area contributed by atoms with Crippen LogP contribution in [0.2, 0.25) is 0 Å². The minimum atomic E-state index is -3.82. The summed E-state index contributed by atoms with van der Waals surface area (Å²) in [5, 5.41) is 8.76. The molecule has 0 atom stereocenters. The van der Waals surface area contributed by atoms with Crippen LogP contribution in [0.3, 0.4) is 0 Å². The van der Waals surface area contributed by atoms with Crippen molar-refractivity contribution in [2.75, 3.05) is 30.8 Å². The number of aromatic nitrogens is 2. The molecule has 0 aliphatic heterocycles. The second kappa shape index (κ2) is 6.50. The molecule has 0 saturated heterocycles. The molecule has 0 bridgehead atoms. The van der Waals surface area contributed by atoms with Gasteiger partial charge in [0.1, 0.15) is 5.69 Å². The van der Waals surface area contributed by atoms with Gasteiger partial charge in [-0.15, -0.1) is 0 Å². The molecule has 1 heterocycles. The Hall–Kier alpha value is -2.86. The van der Waals surface area contributed by atoms with Crippen molar-refractivity contribution in [2.24, 2.45) is 0 Å². The molecule has 0 radical (unpaired) electrons. The van der Waals surface area contributed by atoms with Crippen molar-refractivity contribution in [3.8, 4) is 12.1 Å². The monoisotopic (exact) mass is 333 g/mol. The lowest BCUT2D eigenvalue weighted by Gasteiger charge is -2.17. The van der Waals surface area contributed by atoms with E-state index in [1.807, 2.05) is 6.07 Å². The van der Waals surface area contributed by atoms with Crippen LogP contribution in [0, 0.1) is 11.3 Å². The van der Waals surface area contributed by atoms with E-state index >= 15 is 0 Å². The van der Waals surface area contributed by atoms with Gasteiger partial charge in [0.2, 0.25) is 0 Å². The molecule has 1 aromatic carbocycles. The minimum absolute atomic E-state index is 0.0389. The van der Waals surface area contributed by atoms with Crippen LogP contribution in [0.15, 0.2) is 35.4 Å². The molecule has 1 aromatic heterocycles. The average molecular weight is 333 g/mol. The summed E-state index contributed by atoms with van der Waals surface area (Å²) in [5.74, 6) is 0.370. The molecule has 0 amide bonds. The Balaban J connectivity index is 2.38. The predicted octanol–water partition coefficient (Wildman–Crippen LogP) is 1.22. The molecule has 23 heavy (non-hydrogen) atoms. The van der Waals surface area contributed by atoms with E-state index in [2.05, 4.69) is 14.7 Å². The summed E-state index contributed by atoms with van der Waals surface area (Å²) in [4.78, 5) is 9.71. The zero-order valence-electron chi connectivity index (χ0n) is 12.8. The van der Waals surface area contributed by atoms with Crippen molar-refractivity contribution in [3.63, 3.8) is 0 Å². The second-order valence-electron chi connectivity index (χ2n) is 4.73. The molecule has 2 aromatic rings. The maximum Gasteiger partial charge on any atom is 0.318 e. The smallest absolute Gasteiger partial charge is 0.318 e. The van der Waals surface area contributed by atoms with Crippen molar-refractivity contribution in [1.82, 2.24) is 9.97 Å². The Morgan fingerprint density at radius 2 is 1.91 bits per heavy atom. The first-order valence-corrected chi connectivity index (χ1v) is 7.97. The zero-order chi connectivity index (χ0) is 17.0. The highest BCUT2D eigenvalue weighted by Crippen LogP contribution is 2.25. The van der Waals surface area contributed by atoms with Gasteiger partial charge in [0.15, 0.2) is 5.82 Å². The number of benzene rings is 1. The van der Waals surface area contributed by atoms with Crippen molar-refractivity contribution < 1.29 is 13.2 Å². The molecule has 120 valence electrons. The predicted molar refractivity (Wildman–Crippen MR) is 84.9 cm³/mol. The zero-order valence-corrected chi connectivity index (χ0v) is 13.6. The third kappa shape index (κ3) is 3.67. The molecular weight excluding hydrogens is 318 g/mol. The lowest BCUT2D eigenvalue weighted by Crippen LogP contribution is -2.19. The maximum atomic E-state index is 12.4. The third-order valence-electron chi connectivity index (χ3n) is 2.89. The van der Waals surface area contributed by atoms with Crippen LogP contribution < -0.4 is 14.4 Å². The largest absolute Gasteiger partial charge is 0.467 e. The lowest BCUT2D eigenvalue weighted by atomic mass is 10.2. The van der Waals surface area contributed by atoms with Gasteiger partial charge in [-0.3, -0.25) is 4.72 Å². The fraction of sp³-hybridized carbons (Fsp3) is 0.214. The SMILES string of the molecule is COc1ncc(NS(=O)(=O)c2ccc(C#N)cc2)c(N(C)C)n1. The fourth-order valence-electron chi connectivity index (χ4n) is 1.78. The Morgan fingerprint density at radius 1 is 1.26 bits per heavy atom. The van der Waals surface area contributed by atoms with Crippen molar-refractivity contribution in [1.29, 1.82) is 5.26 Å². The van der Waals surface area contributed by atoms with E-state index in [0.717, 1.165) is 0 Å². The van der Waals surface area contributed by atoms with E-state index < -0.39 is 10.0 Å². The van der Waals surface area contributed by atoms with Gasteiger partial charge < -0.3 is 9.64 Å². The quantitative estimate of drug-likeness (QED) is 0.876. The van der Waals surface area contributed by atoms with Crippen molar-refractivity contribution in [2.45, 2.75) is 4.90 Å². The molecular formula is C14H15N5O3S. The van der Waals surface area contributed by atoms with Crippen molar-refractivity contribution in [3.05, 3.63) is 36.0 Å². The van der Waals surface area contributed by atoms with Gasteiger partial charge >= 0.3 is 6.01 Å². The Morgan fingerprint density at radius 3 is 2.43 bits per heavy atom. The lowest BCUT2D eigenvalue weighted by molar-refractivity contribution is 0.380. The maximum absolute atomic E-state index is 12.4. The number of hydrogen-bond acceptors (Lipinski definition) is 7. The van der Waals surface area contributed by atoms with Crippen LogP contribution >= 0.6 is 0 Å². The van der Waals surface area contributed by atoms with Crippen LogP contribution in [0.5, 0.6) is 6.01 Å². The number of nitriles is 1. The van der Waals surface area contributed by atoms with E-state index in [1.54, 1.807) is 19.0 Å². The van der Waals surface area contributed by atoms with Gasteiger partial charge in [0.05, 0.1) is 29.8 Å². The van der Waals surface area contributed by atoms with Gasteiger partial charge in [0.25, 0.3) is 10.0 Å². The number of sulfonamides is 1. The average Bonchev–Trinajstić information content (AvgIpc) is 2.54. The summed E-state index contributed by atoms with van der Waals surface area (Å²) in [7, 11) is 1.05. The van der Waals surface area contributed by atoms with Crippen LogP contribution in [-0.4, -0.2) is 39.6 Å². The first kappa shape index (κ1) is 16.5. The number of nitrogens with zero attached hydrogens (tertiary/aromatic N) is 4. The number of nitrogens with one attached hydrogen (secondary N) is 1. The molecule has 0 fully saturated rings. The molecule has 0 unspecified atom stereocenters. The number of hydrogen-bond donors (Lipinski definition) is 1. The summed E-state index contributed by atoms with van der Waals surface area (Å²) in [6.07, 6.45) is 1.34. The second-order valence-corrected chi connectivity index (χ2v) is 6.41. The topological polar surface area (TPSA) is 108 Å². The van der Waals surface area contributed by atoms with Gasteiger partial charge in [-0.1, -0.05) is 0 Å². The summed E-state index contributed by atoms with van der Waals surface area (Å²) in [6.45, 7) is 0. The Kier molecular flexibility index (Phi) is 4.66. The highest BCUT2D eigenvalue weighted by atomic mass is 32.2. The number of ether oxygens (including phenoxy) is 1. The van der Waals surface area contributed by atoms with Gasteiger partial charge in [-0.25, -0.2) is 13.4 Å². The molecule has 0 saturated carbocycles. The Labute approximate surface area is 134 Å². The number of anilines is 2. The Bertz CT molecular complexity index is 842. The molecule has 9 heteroatoms. The molecule has 0 spiro atoms. The number of methoxy groups -OCH3 is 1. The highest BCUT2D eigenvalue weighted by Gasteiger charge is 2.18. The van der Waals surface area contributed by atoms with Crippen LogP contribution in [0.4, 0.5) is 11.5 Å². The standard InChI is InChI=1S/C14H15N5O3S/c1-19(2)13-12(9-16-14(17-13)22-3)18-23(20,21)11-6-4-10(8-15)5-7-11/h4-7,9,18H,1-3H3.